The first kappa shape index (κ1) is 14.5. The van der Waals surface area contributed by atoms with Crippen LogP contribution in [0.15, 0.2) is 22.2 Å². The van der Waals surface area contributed by atoms with Crippen LogP contribution in [0.1, 0.15) is 38.2 Å². The van der Waals surface area contributed by atoms with Crippen molar-refractivity contribution >= 4 is 19.7 Å². The second kappa shape index (κ2) is 4.86. The van der Waals surface area contributed by atoms with E-state index in [0.29, 0.717) is 5.92 Å². The second-order valence-corrected chi connectivity index (χ2v) is 9.09. The van der Waals surface area contributed by atoms with Gasteiger partial charge < -0.3 is 0 Å². The monoisotopic (exact) mass is 303 g/mol. The lowest BCUT2D eigenvalue weighted by molar-refractivity contribution is 0.578. The zero-order valence-electron chi connectivity index (χ0n) is 11.0. The Kier molecular flexibility index (Phi) is 3.70. The van der Waals surface area contributed by atoms with Crippen LogP contribution in [0, 0.1) is 0 Å². The topological polar surface area (TPSA) is 81.2 Å². The molecule has 0 amide bonds. The molecule has 1 aliphatic carbocycles. The molecule has 19 heavy (non-hydrogen) atoms. The van der Waals surface area contributed by atoms with Gasteiger partial charge in [0, 0.05) is 6.20 Å². The van der Waals surface area contributed by atoms with Gasteiger partial charge in [-0.15, -0.1) is 0 Å². The van der Waals surface area contributed by atoms with Gasteiger partial charge in [-0.2, -0.15) is 0 Å². The predicted molar refractivity (Wildman–Crippen MR) is 71.7 cm³/mol. The van der Waals surface area contributed by atoms with Crippen LogP contribution in [0.5, 0.6) is 0 Å². The molecular formula is C12H17NO4S2. The highest BCUT2D eigenvalue weighted by Gasteiger charge is 2.30. The summed E-state index contributed by atoms with van der Waals surface area (Å²) in [6.07, 6.45) is 3.51. The van der Waals surface area contributed by atoms with E-state index in [2.05, 4.69) is 4.98 Å². The summed E-state index contributed by atoms with van der Waals surface area (Å²) in [5.41, 5.74) is 0.821. The van der Waals surface area contributed by atoms with Crippen LogP contribution in [-0.4, -0.2) is 33.3 Å². The lowest BCUT2D eigenvalue weighted by Gasteiger charge is -2.10. The molecule has 0 spiro atoms. The van der Waals surface area contributed by atoms with Crippen LogP contribution in [0.4, 0.5) is 0 Å². The van der Waals surface area contributed by atoms with Gasteiger partial charge in [-0.3, -0.25) is 0 Å². The lowest BCUT2D eigenvalue weighted by Crippen LogP contribution is -2.15. The summed E-state index contributed by atoms with van der Waals surface area (Å²) in [5, 5.41) is -0.304. The number of hydrogen-bond acceptors (Lipinski definition) is 5. The molecular weight excluding hydrogens is 286 g/mol. The fourth-order valence-corrected chi connectivity index (χ4v) is 4.40. The lowest BCUT2D eigenvalue weighted by atomic mass is 10.2. The minimum absolute atomic E-state index is 0.130. The normalized spacial score (nSPS) is 16.5. The minimum atomic E-state index is -3.63. The first-order chi connectivity index (χ1) is 8.81. The fourth-order valence-electron chi connectivity index (χ4n) is 1.84. The van der Waals surface area contributed by atoms with Gasteiger partial charge in [0.2, 0.25) is 0 Å². The third kappa shape index (κ3) is 2.81. The van der Waals surface area contributed by atoms with Crippen LogP contribution in [0.3, 0.4) is 0 Å². The summed E-state index contributed by atoms with van der Waals surface area (Å²) in [6.45, 7) is 2.98. The highest BCUT2D eigenvalue weighted by Crippen LogP contribution is 2.41. The summed E-state index contributed by atoms with van der Waals surface area (Å²) >= 11 is 0. The Balaban J connectivity index is 2.67. The molecule has 1 aromatic rings. The van der Waals surface area contributed by atoms with E-state index in [9.17, 15) is 16.8 Å². The van der Waals surface area contributed by atoms with Gasteiger partial charge in [-0.05, 0) is 30.4 Å². The van der Waals surface area contributed by atoms with E-state index in [1.54, 1.807) is 0 Å². The van der Waals surface area contributed by atoms with Crippen molar-refractivity contribution in [2.75, 3.05) is 11.5 Å². The van der Waals surface area contributed by atoms with Crippen LogP contribution in [0.2, 0.25) is 0 Å². The standard InChI is InChI=1S/C12H17NO4S2/c1-3-18(14,15)11-7-10(9-5-6-9)8-13-12(11)19(16,17)4-2/h7-9H,3-6H2,1-2H3. The van der Waals surface area contributed by atoms with Crippen LogP contribution in [0.25, 0.3) is 0 Å². The summed E-state index contributed by atoms with van der Waals surface area (Å²) < 4.78 is 48.1. The smallest absolute Gasteiger partial charge is 0.196 e. The third-order valence-electron chi connectivity index (χ3n) is 3.28. The summed E-state index contributed by atoms with van der Waals surface area (Å²) in [4.78, 5) is 3.79. The molecule has 0 unspecified atom stereocenters. The highest BCUT2D eigenvalue weighted by molar-refractivity contribution is 7.94. The molecule has 1 aliphatic rings. The summed E-state index contributed by atoms with van der Waals surface area (Å²) in [7, 11) is -7.23. The van der Waals surface area contributed by atoms with Gasteiger partial charge >= 0.3 is 0 Å². The quantitative estimate of drug-likeness (QED) is 0.824. The minimum Gasteiger partial charge on any atom is -0.243 e. The molecule has 7 heteroatoms. The summed E-state index contributed by atoms with van der Waals surface area (Å²) in [5.74, 6) is 0.0426. The van der Waals surface area contributed by atoms with E-state index in [1.807, 2.05) is 0 Å². The first-order valence-electron chi connectivity index (χ1n) is 6.27. The van der Waals surface area contributed by atoms with E-state index in [1.165, 1.54) is 26.1 Å². The molecule has 0 saturated heterocycles. The van der Waals surface area contributed by atoms with Gasteiger partial charge in [0.25, 0.3) is 0 Å². The van der Waals surface area contributed by atoms with Crippen molar-refractivity contribution in [1.29, 1.82) is 0 Å². The largest absolute Gasteiger partial charge is 0.243 e. The molecule has 106 valence electrons. The Morgan fingerprint density at radius 2 is 1.68 bits per heavy atom. The van der Waals surface area contributed by atoms with Gasteiger partial charge in [-0.25, -0.2) is 21.8 Å². The number of pyridine rings is 1. The van der Waals surface area contributed by atoms with Gasteiger partial charge in [0.1, 0.15) is 4.90 Å². The molecule has 0 aromatic carbocycles. The molecule has 0 N–H and O–H groups in total. The molecule has 1 heterocycles. The zero-order chi connectivity index (χ0) is 14.3. The molecule has 2 rings (SSSR count). The maximum Gasteiger partial charge on any atom is 0.196 e. The van der Waals surface area contributed by atoms with Crippen molar-refractivity contribution in [3.05, 3.63) is 17.8 Å². The van der Waals surface area contributed by atoms with Crippen molar-refractivity contribution < 1.29 is 16.8 Å². The molecule has 1 aromatic heterocycles. The maximum absolute atomic E-state index is 12.1. The predicted octanol–water partition coefficient (Wildman–Crippen LogP) is 1.55. The van der Waals surface area contributed by atoms with Crippen molar-refractivity contribution in [1.82, 2.24) is 4.98 Å². The second-order valence-electron chi connectivity index (χ2n) is 4.65. The Labute approximate surface area is 113 Å². The van der Waals surface area contributed by atoms with Crippen molar-refractivity contribution in [2.24, 2.45) is 0 Å². The van der Waals surface area contributed by atoms with Gasteiger partial charge in [0.05, 0.1) is 11.5 Å². The molecule has 5 nitrogen and oxygen atoms in total. The van der Waals surface area contributed by atoms with E-state index in [0.717, 1.165) is 18.4 Å². The van der Waals surface area contributed by atoms with Crippen LogP contribution >= 0.6 is 0 Å². The average Bonchev–Trinajstić information content (AvgIpc) is 3.22. The molecule has 1 saturated carbocycles. The molecule has 0 aliphatic heterocycles. The molecule has 1 fully saturated rings. The van der Waals surface area contributed by atoms with Crippen molar-refractivity contribution in [3.8, 4) is 0 Å². The number of aromatic nitrogens is 1. The molecule has 0 bridgehead atoms. The van der Waals surface area contributed by atoms with Crippen molar-refractivity contribution in [2.45, 2.75) is 42.5 Å². The third-order valence-corrected chi connectivity index (χ3v) is 6.82. The molecule has 0 radical (unpaired) electrons. The van der Waals surface area contributed by atoms with E-state index in [-0.39, 0.29) is 21.4 Å². The van der Waals surface area contributed by atoms with Crippen LogP contribution in [-0.2, 0) is 19.7 Å². The van der Waals surface area contributed by atoms with Crippen LogP contribution < -0.4 is 0 Å². The summed E-state index contributed by atoms with van der Waals surface area (Å²) in [6, 6.07) is 1.49. The van der Waals surface area contributed by atoms with E-state index in [4.69, 9.17) is 0 Å². The van der Waals surface area contributed by atoms with Gasteiger partial charge in [-0.1, -0.05) is 13.8 Å². The highest BCUT2D eigenvalue weighted by atomic mass is 32.2. The van der Waals surface area contributed by atoms with E-state index >= 15 is 0 Å². The van der Waals surface area contributed by atoms with Crippen molar-refractivity contribution in [3.63, 3.8) is 0 Å². The zero-order valence-corrected chi connectivity index (χ0v) is 12.6. The Bertz CT molecular complexity index is 688. The SMILES string of the molecule is CCS(=O)(=O)c1cc(C2CC2)cnc1S(=O)(=O)CC. The number of nitrogens with zero attached hydrogens (tertiary/aromatic N) is 1. The Morgan fingerprint density at radius 3 is 2.16 bits per heavy atom. The van der Waals surface area contributed by atoms with E-state index < -0.39 is 19.7 Å². The number of sulfone groups is 2. The average molecular weight is 303 g/mol. The Hall–Kier alpha value is -0.950. The fraction of sp³-hybridized carbons (Fsp3) is 0.583. The molecule has 0 atom stereocenters. The number of hydrogen-bond donors (Lipinski definition) is 0. The maximum atomic E-state index is 12.1. The Morgan fingerprint density at radius 1 is 1.11 bits per heavy atom. The van der Waals surface area contributed by atoms with Gasteiger partial charge in [0.15, 0.2) is 24.7 Å². The first-order valence-corrected chi connectivity index (χ1v) is 9.57. The number of rotatable bonds is 5.